The second-order valence-corrected chi connectivity index (χ2v) is 6.20. The van der Waals surface area contributed by atoms with Crippen LogP contribution in [0.3, 0.4) is 0 Å². The molecule has 0 bridgehead atoms. The highest BCUT2D eigenvalue weighted by Crippen LogP contribution is 2.33. The summed E-state index contributed by atoms with van der Waals surface area (Å²) in [6.45, 7) is 4.48. The van der Waals surface area contributed by atoms with E-state index in [1.165, 1.54) is 18.4 Å². The number of carbonyl (C=O) groups is 2. The van der Waals surface area contributed by atoms with Crippen molar-refractivity contribution in [3.05, 3.63) is 16.0 Å². The number of unbranched alkanes of at least 4 members (excludes halogenated alkanes) is 3. The molecule has 21 heavy (non-hydrogen) atoms. The number of aryl methyl sites for hydroxylation is 1. The van der Waals surface area contributed by atoms with E-state index in [4.69, 9.17) is 10.5 Å². The topological polar surface area (TPSA) is 81.4 Å². The molecule has 0 spiro atoms. The highest BCUT2D eigenvalue weighted by atomic mass is 32.1. The van der Waals surface area contributed by atoms with Crippen molar-refractivity contribution in [1.82, 2.24) is 0 Å². The van der Waals surface area contributed by atoms with E-state index in [0.717, 1.165) is 36.1 Å². The van der Waals surface area contributed by atoms with Crippen LogP contribution in [0.15, 0.2) is 0 Å². The fraction of sp³-hybridized carbons (Fsp3) is 0.600. The van der Waals surface area contributed by atoms with Crippen molar-refractivity contribution in [2.24, 2.45) is 5.73 Å². The van der Waals surface area contributed by atoms with Crippen LogP contribution in [0, 0.1) is 13.8 Å². The molecule has 1 rings (SSSR count). The van der Waals surface area contributed by atoms with Crippen molar-refractivity contribution in [3.63, 3.8) is 0 Å². The van der Waals surface area contributed by atoms with E-state index in [2.05, 4.69) is 5.32 Å². The van der Waals surface area contributed by atoms with E-state index in [9.17, 15) is 9.59 Å². The molecule has 1 heterocycles. The minimum atomic E-state index is -0.407. The fourth-order valence-electron chi connectivity index (χ4n) is 2.04. The number of anilines is 1. The maximum Gasteiger partial charge on any atom is 0.341 e. The molecule has 118 valence electrons. The third-order valence-corrected chi connectivity index (χ3v) is 4.51. The van der Waals surface area contributed by atoms with Crippen molar-refractivity contribution in [3.8, 4) is 0 Å². The molecule has 0 atom stereocenters. The van der Waals surface area contributed by atoms with Gasteiger partial charge in [-0.15, -0.1) is 11.3 Å². The first-order chi connectivity index (χ1) is 10.0. The average Bonchev–Trinajstić information content (AvgIpc) is 2.72. The number of methoxy groups -OCH3 is 1. The van der Waals surface area contributed by atoms with E-state index in [0.29, 0.717) is 23.5 Å². The molecule has 1 amide bonds. The third-order valence-electron chi connectivity index (χ3n) is 3.39. The zero-order valence-electron chi connectivity index (χ0n) is 13.0. The van der Waals surface area contributed by atoms with E-state index < -0.39 is 5.97 Å². The van der Waals surface area contributed by atoms with Gasteiger partial charge in [0.15, 0.2) is 0 Å². The van der Waals surface area contributed by atoms with Crippen LogP contribution >= 0.6 is 11.3 Å². The smallest absolute Gasteiger partial charge is 0.341 e. The van der Waals surface area contributed by atoms with Crippen LogP contribution < -0.4 is 11.1 Å². The Bertz CT molecular complexity index is 497. The summed E-state index contributed by atoms with van der Waals surface area (Å²) >= 11 is 1.41. The average molecular weight is 312 g/mol. The molecule has 0 aliphatic carbocycles. The van der Waals surface area contributed by atoms with Gasteiger partial charge in [0.2, 0.25) is 5.91 Å². The molecule has 5 nitrogen and oxygen atoms in total. The van der Waals surface area contributed by atoms with Gasteiger partial charge in [0.05, 0.1) is 12.7 Å². The SMILES string of the molecule is COC(=O)c1c(NC(=O)CCCCCCN)sc(C)c1C. The van der Waals surface area contributed by atoms with E-state index in [1.54, 1.807) is 0 Å². The van der Waals surface area contributed by atoms with Crippen LogP contribution in [0.5, 0.6) is 0 Å². The molecule has 0 radical (unpaired) electrons. The van der Waals surface area contributed by atoms with Crippen molar-refractivity contribution in [2.75, 3.05) is 19.0 Å². The summed E-state index contributed by atoms with van der Waals surface area (Å²) in [7, 11) is 1.35. The van der Waals surface area contributed by atoms with Gasteiger partial charge in [0.1, 0.15) is 5.00 Å². The largest absolute Gasteiger partial charge is 0.465 e. The van der Waals surface area contributed by atoms with Crippen LogP contribution in [-0.2, 0) is 9.53 Å². The third kappa shape index (κ3) is 5.13. The molecule has 0 aliphatic rings. The molecule has 0 fully saturated rings. The zero-order chi connectivity index (χ0) is 15.8. The Balaban J connectivity index is 2.60. The highest BCUT2D eigenvalue weighted by molar-refractivity contribution is 7.16. The van der Waals surface area contributed by atoms with E-state index >= 15 is 0 Å². The number of nitrogens with two attached hydrogens (primary N) is 1. The van der Waals surface area contributed by atoms with Crippen molar-refractivity contribution in [2.45, 2.75) is 46.0 Å². The first-order valence-electron chi connectivity index (χ1n) is 7.19. The van der Waals surface area contributed by atoms with Crippen molar-refractivity contribution >= 4 is 28.2 Å². The molecule has 0 aromatic carbocycles. The van der Waals surface area contributed by atoms with Gasteiger partial charge in [-0.1, -0.05) is 12.8 Å². The summed E-state index contributed by atoms with van der Waals surface area (Å²) in [5.41, 5.74) is 6.76. The normalized spacial score (nSPS) is 10.5. The Morgan fingerprint density at radius 1 is 1.19 bits per heavy atom. The zero-order valence-corrected chi connectivity index (χ0v) is 13.8. The van der Waals surface area contributed by atoms with Crippen LogP contribution in [0.25, 0.3) is 0 Å². The number of ether oxygens (including phenoxy) is 1. The number of hydrogen-bond donors (Lipinski definition) is 2. The number of rotatable bonds is 8. The second kappa shape index (κ2) is 8.79. The standard InChI is InChI=1S/C15H24N2O3S/c1-10-11(2)21-14(13(10)15(19)20-3)17-12(18)8-6-4-5-7-9-16/h4-9,16H2,1-3H3,(H,17,18). The lowest BCUT2D eigenvalue weighted by molar-refractivity contribution is -0.116. The van der Waals surface area contributed by atoms with Gasteiger partial charge in [-0.2, -0.15) is 0 Å². The van der Waals surface area contributed by atoms with Gasteiger partial charge in [-0.05, 0) is 38.8 Å². The molecule has 6 heteroatoms. The Morgan fingerprint density at radius 2 is 1.86 bits per heavy atom. The number of thiophene rings is 1. The lowest BCUT2D eigenvalue weighted by atomic mass is 10.1. The van der Waals surface area contributed by atoms with Gasteiger partial charge < -0.3 is 15.8 Å². The molecule has 0 aliphatic heterocycles. The maximum absolute atomic E-state index is 11.9. The van der Waals surface area contributed by atoms with E-state index in [-0.39, 0.29) is 5.91 Å². The van der Waals surface area contributed by atoms with Gasteiger partial charge >= 0.3 is 5.97 Å². The molecule has 1 aromatic rings. The lowest BCUT2D eigenvalue weighted by Gasteiger charge is -2.06. The second-order valence-electron chi connectivity index (χ2n) is 4.98. The molecule has 3 N–H and O–H groups in total. The number of esters is 1. The molecule has 0 saturated heterocycles. The summed E-state index contributed by atoms with van der Waals surface area (Å²) in [5, 5.41) is 3.42. The van der Waals surface area contributed by atoms with Crippen LogP contribution in [0.1, 0.15) is 52.9 Å². The molecule has 0 unspecified atom stereocenters. The summed E-state index contributed by atoms with van der Waals surface area (Å²) < 4.78 is 4.78. The predicted octanol–water partition coefficient (Wildman–Crippen LogP) is 3.00. The molecule has 1 aromatic heterocycles. The monoisotopic (exact) mass is 312 g/mol. The highest BCUT2D eigenvalue weighted by Gasteiger charge is 2.21. The van der Waals surface area contributed by atoms with E-state index in [1.807, 2.05) is 13.8 Å². The Hall–Kier alpha value is -1.40. The van der Waals surface area contributed by atoms with Crippen molar-refractivity contribution < 1.29 is 14.3 Å². The van der Waals surface area contributed by atoms with Gasteiger partial charge in [-0.25, -0.2) is 4.79 Å². The predicted molar refractivity (Wildman–Crippen MR) is 85.9 cm³/mol. The molecular formula is C15H24N2O3S. The molecule has 0 saturated carbocycles. The lowest BCUT2D eigenvalue weighted by Crippen LogP contribution is -2.13. The first-order valence-corrected chi connectivity index (χ1v) is 8.01. The van der Waals surface area contributed by atoms with Crippen LogP contribution in [0.4, 0.5) is 5.00 Å². The van der Waals surface area contributed by atoms with Gasteiger partial charge in [-0.3, -0.25) is 4.79 Å². The quantitative estimate of drug-likeness (QED) is 0.571. The number of nitrogens with one attached hydrogen (secondary N) is 1. The van der Waals surface area contributed by atoms with Crippen LogP contribution in [0.2, 0.25) is 0 Å². The molecular weight excluding hydrogens is 288 g/mol. The Kier molecular flexibility index (Phi) is 7.39. The number of carbonyl (C=O) groups excluding carboxylic acids is 2. The summed E-state index contributed by atoms with van der Waals surface area (Å²) in [5.74, 6) is -0.468. The number of hydrogen-bond acceptors (Lipinski definition) is 5. The van der Waals surface area contributed by atoms with Gasteiger partial charge in [0, 0.05) is 11.3 Å². The summed E-state index contributed by atoms with van der Waals surface area (Å²) in [6.07, 6.45) is 4.34. The fourth-order valence-corrected chi connectivity index (χ4v) is 3.10. The summed E-state index contributed by atoms with van der Waals surface area (Å²) in [6, 6.07) is 0. The van der Waals surface area contributed by atoms with Crippen LogP contribution in [-0.4, -0.2) is 25.5 Å². The van der Waals surface area contributed by atoms with Gasteiger partial charge in [0.25, 0.3) is 0 Å². The minimum absolute atomic E-state index is 0.0610. The summed E-state index contributed by atoms with van der Waals surface area (Å²) in [4.78, 5) is 24.8. The maximum atomic E-state index is 11.9. The first kappa shape index (κ1) is 17.7. The number of amides is 1. The minimum Gasteiger partial charge on any atom is -0.465 e. The Labute approximate surface area is 129 Å². The Morgan fingerprint density at radius 3 is 2.48 bits per heavy atom. The van der Waals surface area contributed by atoms with Crippen molar-refractivity contribution in [1.29, 1.82) is 0 Å².